The molecular formula is C23H21ClF2N6O3. The van der Waals surface area contributed by atoms with Gasteiger partial charge in [-0.25, -0.2) is 4.73 Å². The van der Waals surface area contributed by atoms with Crippen LogP contribution in [0.25, 0.3) is 0 Å². The van der Waals surface area contributed by atoms with Gasteiger partial charge in [-0.15, -0.1) is 0 Å². The molecule has 4 N–H and O–H groups in total. The number of carbonyl (C=O) groups is 1. The normalized spacial score (nSPS) is 11.1. The summed E-state index contributed by atoms with van der Waals surface area (Å²) in [4.78, 5) is 12.5. The number of alkyl halides is 2. The number of hydrogen-bond acceptors (Lipinski definition) is 6. The molecule has 0 bridgehead atoms. The number of nitrogens with zero attached hydrogens (tertiary/aromatic N) is 3. The Morgan fingerprint density at radius 2 is 1.94 bits per heavy atom. The number of benzene rings is 1. The molecule has 0 spiro atoms. The summed E-state index contributed by atoms with van der Waals surface area (Å²) >= 11 is 5.99. The molecule has 3 rings (SSSR count). The molecule has 0 saturated carbocycles. The van der Waals surface area contributed by atoms with Crippen LogP contribution in [0.4, 0.5) is 14.6 Å². The Bertz CT molecular complexity index is 1280. The van der Waals surface area contributed by atoms with E-state index in [1.165, 1.54) is 18.2 Å². The van der Waals surface area contributed by atoms with E-state index in [0.29, 0.717) is 10.6 Å². The lowest BCUT2D eigenvalue weighted by Crippen LogP contribution is -2.43. The molecule has 0 unspecified atom stereocenters. The van der Waals surface area contributed by atoms with Crippen LogP contribution in [-0.4, -0.2) is 12.5 Å². The topological polar surface area (TPSA) is 145 Å². The van der Waals surface area contributed by atoms with E-state index >= 15 is 0 Å². The smallest absolute Gasteiger partial charge is 0.367 e. The Labute approximate surface area is 204 Å². The fourth-order valence-electron chi connectivity index (χ4n) is 3.35. The van der Waals surface area contributed by atoms with E-state index in [-0.39, 0.29) is 39.6 Å². The summed E-state index contributed by atoms with van der Waals surface area (Å²) in [6, 6.07) is 12.9. The standard InChI is InChI=1S/C23H21ClF2N6O3/c24-18-6-4-15(11-27)17(9-18)13-29-22(33)10-19-16(12-28)5-7-21(32(19)35)30-14-23(25,26)20-3-1-2-8-31(20)34/h1-9,30H,10-11,13-14,27H2,(H,29,33). The lowest BCUT2D eigenvalue weighted by molar-refractivity contribution is -0.624. The van der Waals surface area contributed by atoms with E-state index in [0.717, 1.165) is 23.9 Å². The second-order valence-corrected chi connectivity index (χ2v) is 7.96. The number of nitriles is 1. The Morgan fingerprint density at radius 1 is 1.17 bits per heavy atom. The third-order valence-corrected chi connectivity index (χ3v) is 5.42. The molecule has 0 fully saturated rings. The average molecular weight is 503 g/mol. The van der Waals surface area contributed by atoms with Crippen molar-refractivity contribution in [1.82, 2.24) is 5.32 Å². The molecule has 0 aliphatic carbocycles. The van der Waals surface area contributed by atoms with Gasteiger partial charge in [0.05, 0.1) is 12.0 Å². The second-order valence-electron chi connectivity index (χ2n) is 7.53. The number of amides is 1. The number of halogens is 3. The van der Waals surface area contributed by atoms with Crippen molar-refractivity contribution in [2.75, 3.05) is 11.9 Å². The molecule has 0 radical (unpaired) electrons. The van der Waals surface area contributed by atoms with Gasteiger partial charge in [-0.05, 0) is 35.4 Å². The van der Waals surface area contributed by atoms with Crippen LogP contribution in [0, 0.1) is 21.7 Å². The Balaban J connectivity index is 1.74. The van der Waals surface area contributed by atoms with Gasteiger partial charge in [0.15, 0.2) is 12.7 Å². The zero-order chi connectivity index (χ0) is 25.6. The quantitative estimate of drug-likeness (QED) is 0.301. The van der Waals surface area contributed by atoms with E-state index in [1.807, 2.05) is 6.07 Å². The first kappa shape index (κ1) is 25.6. The van der Waals surface area contributed by atoms with Crippen LogP contribution in [0.1, 0.15) is 28.1 Å². The van der Waals surface area contributed by atoms with E-state index in [9.17, 15) is 29.3 Å². The number of nitrogens with two attached hydrogens (primary N) is 1. The van der Waals surface area contributed by atoms with Crippen LogP contribution in [-0.2, 0) is 30.2 Å². The monoisotopic (exact) mass is 502 g/mol. The maximum atomic E-state index is 14.5. The lowest BCUT2D eigenvalue weighted by atomic mass is 10.1. The van der Waals surface area contributed by atoms with Crippen molar-refractivity contribution in [1.29, 1.82) is 5.26 Å². The molecule has 35 heavy (non-hydrogen) atoms. The molecule has 0 aliphatic rings. The van der Waals surface area contributed by atoms with Crippen molar-refractivity contribution in [2.24, 2.45) is 5.73 Å². The number of anilines is 1. The molecular weight excluding hydrogens is 482 g/mol. The Morgan fingerprint density at radius 3 is 2.63 bits per heavy atom. The summed E-state index contributed by atoms with van der Waals surface area (Å²) < 4.78 is 29.3. The first-order valence-electron chi connectivity index (χ1n) is 10.4. The first-order valence-corrected chi connectivity index (χ1v) is 10.7. The number of hydrogen-bond donors (Lipinski definition) is 3. The molecule has 1 aromatic carbocycles. The van der Waals surface area contributed by atoms with Crippen LogP contribution < -0.4 is 25.8 Å². The third-order valence-electron chi connectivity index (χ3n) is 5.19. The highest BCUT2D eigenvalue weighted by molar-refractivity contribution is 6.30. The summed E-state index contributed by atoms with van der Waals surface area (Å²) in [6.07, 6.45) is 0.464. The highest BCUT2D eigenvalue weighted by atomic mass is 35.5. The van der Waals surface area contributed by atoms with Crippen LogP contribution in [0.2, 0.25) is 5.02 Å². The number of pyridine rings is 2. The van der Waals surface area contributed by atoms with Crippen LogP contribution in [0.3, 0.4) is 0 Å². The fourth-order valence-corrected chi connectivity index (χ4v) is 3.55. The zero-order valence-corrected chi connectivity index (χ0v) is 19.1. The first-order chi connectivity index (χ1) is 16.7. The molecule has 3 aromatic rings. The molecule has 1 amide bonds. The molecule has 182 valence electrons. The van der Waals surface area contributed by atoms with Crippen LogP contribution >= 0.6 is 11.6 Å². The van der Waals surface area contributed by atoms with Crippen LogP contribution in [0.15, 0.2) is 54.7 Å². The minimum absolute atomic E-state index is 0.0392. The maximum absolute atomic E-state index is 14.5. The predicted octanol–water partition coefficient (Wildman–Crippen LogP) is 2.00. The van der Waals surface area contributed by atoms with Crippen molar-refractivity contribution in [2.45, 2.75) is 25.4 Å². The van der Waals surface area contributed by atoms with Gasteiger partial charge < -0.3 is 21.5 Å². The van der Waals surface area contributed by atoms with E-state index in [1.54, 1.807) is 18.2 Å². The number of rotatable bonds is 9. The van der Waals surface area contributed by atoms with E-state index in [4.69, 9.17) is 17.3 Å². The number of aromatic nitrogens is 2. The molecule has 0 atom stereocenters. The fraction of sp³-hybridized carbons (Fsp3) is 0.217. The third kappa shape index (κ3) is 6.11. The summed E-state index contributed by atoms with van der Waals surface area (Å²) in [5.74, 6) is -4.48. The van der Waals surface area contributed by atoms with Crippen molar-refractivity contribution in [3.63, 3.8) is 0 Å². The summed E-state index contributed by atoms with van der Waals surface area (Å²) in [7, 11) is 0. The number of nitrogens with one attached hydrogen (secondary N) is 2. The molecule has 12 heteroatoms. The highest BCUT2D eigenvalue weighted by Gasteiger charge is 2.41. The SMILES string of the molecule is N#Cc1ccc(NCC(F)(F)c2cccc[n+]2[O-])[n+]([O-])c1CC(=O)NCc1cc(Cl)ccc1CN. The average Bonchev–Trinajstić information content (AvgIpc) is 2.83. The van der Waals surface area contributed by atoms with Gasteiger partial charge in [-0.2, -0.15) is 18.8 Å². The van der Waals surface area contributed by atoms with E-state index < -0.39 is 30.5 Å². The van der Waals surface area contributed by atoms with Crippen LogP contribution in [0.5, 0.6) is 0 Å². The van der Waals surface area contributed by atoms with Gasteiger partial charge in [0.2, 0.25) is 5.91 Å². The summed E-state index contributed by atoms with van der Waals surface area (Å²) in [6.45, 7) is -0.742. The van der Waals surface area contributed by atoms with E-state index in [2.05, 4.69) is 10.6 Å². The molecule has 0 aliphatic heterocycles. The molecule has 0 saturated heterocycles. The molecule has 2 aromatic heterocycles. The zero-order valence-electron chi connectivity index (χ0n) is 18.3. The molecule has 9 nitrogen and oxygen atoms in total. The Kier molecular flexibility index (Phi) is 8.01. The molecule has 2 heterocycles. The minimum atomic E-state index is -3.60. The van der Waals surface area contributed by atoms with Crippen molar-refractivity contribution >= 4 is 23.3 Å². The van der Waals surface area contributed by atoms with Crippen molar-refractivity contribution in [3.05, 3.63) is 98.2 Å². The van der Waals surface area contributed by atoms with Gasteiger partial charge >= 0.3 is 5.92 Å². The number of carbonyl (C=O) groups excluding carboxylic acids is 1. The Hall–Kier alpha value is -4.01. The maximum Gasteiger partial charge on any atom is 0.367 e. The van der Waals surface area contributed by atoms with Crippen molar-refractivity contribution < 1.29 is 23.0 Å². The second kappa shape index (κ2) is 10.9. The highest BCUT2D eigenvalue weighted by Crippen LogP contribution is 2.25. The van der Waals surface area contributed by atoms with Gasteiger partial charge in [0, 0.05) is 36.3 Å². The minimum Gasteiger partial charge on any atom is -0.710 e. The lowest BCUT2D eigenvalue weighted by Gasteiger charge is -2.18. The summed E-state index contributed by atoms with van der Waals surface area (Å²) in [5, 5.41) is 39.2. The van der Waals surface area contributed by atoms with Gasteiger partial charge in [0.1, 0.15) is 11.8 Å². The predicted molar refractivity (Wildman–Crippen MR) is 123 cm³/mol. The van der Waals surface area contributed by atoms with Crippen molar-refractivity contribution in [3.8, 4) is 6.07 Å². The summed E-state index contributed by atoms with van der Waals surface area (Å²) in [5.41, 5.74) is 6.06. The van der Waals surface area contributed by atoms with Gasteiger partial charge in [-0.3, -0.25) is 10.1 Å². The largest absolute Gasteiger partial charge is 0.710 e. The van der Waals surface area contributed by atoms with Gasteiger partial charge in [-0.1, -0.05) is 17.7 Å². The van der Waals surface area contributed by atoms with Gasteiger partial charge in [0.25, 0.3) is 11.5 Å².